The van der Waals surface area contributed by atoms with Crippen molar-refractivity contribution in [1.29, 1.82) is 0 Å². The molecule has 0 fully saturated rings. The third kappa shape index (κ3) is 2.50. The Morgan fingerprint density at radius 3 is 2.28 bits per heavy atom. The molecule has 0 radical (unpaired) electrons. The van der Waals surface area contributed by atoms with Crippen molar-refractivity contribution in [2.45, 2.75) is 5.79 Å². The van der Waals surface area contributed by atoms with E-state index in [9.17, 15) is 24.9 Å². The van der Waals surface area contributed by atoms with E-state index in [0.29, 0.717) is 21.4 Å². The summed E-state index contributed by atoms with van der Waals surface area (Å²) in [4.78, 5) is 24.9. The fourth-order valence-electron chi connectivity index (χ4n) is 4.01. The van der Waals surface area contributed by atoms with Crippen LogP contribution >= 0.6 is 0 Å². The van der Waals surface area contributed by atoms with Crippen molar-refractivity contribution >= 4 is 34.4 Å². The van der Waals surface area contributed by atoms with Gasteiger partial charge >= 0.3 is 11.9 Å². The predicted octanol–water partition coefficient (Wildman–Crippen LogP) is 0.758. The Labute approximate surface area is 165 Å². The predicted molar refractivity (Wildman–Crippen MR) is 106 cm³/mol. The molecule has 0 amide bonds. The molecule has 3 N–H and O–H groups in total. The highest BCUT2D eigenvalue weighted by Crippen LogP contribution is 2.44. The van der Waals surface area contributed by atoms with Gasteiger partial charge in [0.2, 0.25) is 11.2 Å². The van der Waals surface area contributed by atoms with Crippen LogP contribution in [-0.4, -0.2) is 40.2 Å². The lowest BCUT2D eigenvalue weighted by Crippen LogP contribution is -2.63. The Morgan fingerprint density at radius 2 is 1.55 bits per heavy atom. The van der Waals surface area contributed by atoms with Gasteiger partial charge in [0.1, 0.15) is 0 Å². The number of methoxy groups -OCH3 is 1. The molecule has 0 heterocycles. The smallest absolute Gasteiger partial charge is 0.333 e. The standard InChI is InChI=1S/C23H18O6/c1-29-21(26)22(20(24)25)13-15-8-3-5-11-17(15)19(23(22,27)28)18-12-6-9-14-7-2-4-10-16(14)18/h2-13,27-28H,1H3,(H,24,25). The van der Waals surface area contributed by atoms with Gasteiger partial charge in [-0.15, -0.1) is 0 Å². The van der Waals surface area contributed by atoms with Gasteiger partial charge in [0.05, 0.1) is 7.11 Å². The molecule has 1 unspecified atom stereocenters. The molecule has 0 saturated carbocycles. The van der Waals surface area contributed by atoms with Gasteiger partial charge in [-0.25, -0.2) is 0 Å². The molecule has 0 bridgehead atoms. The third-order valence-corrected chi connectivity index (χ3v) is 5.40. The van der Waals surface area contributed by atoms with E-state index in [4.69, 9.17) is 4.74 Å². The number of esters is 1. The van der Waals surface area contributed by atoms with Crippen molar-refractivity contribution in [2.24, 2.45) is 5.41 Å². The number of ether oxygens (including phenoxy) is 1. The van der Waals surface area contributed by atoms with Gasteiger partial charge in [-0.3, -0.25) is 9.59 Å². The number of aliphatic carboxylic acids is 1. The number of carboxylic acid groups (broad SMARTS) is 1. The number of carbonyl (C=O) groups excluding carboxylic acids is 1. The minimum Gasteiger partial charge on any atom is -0.480 e. The number of benzene rings is 3. The first-order chi connectivity index (χ1) is 13.8. The molecule has 0 spiro atoms. The summed E-state index contributed by atoms with van der Waals surface area (Å²) < 4.78 is 4.69. The summed E-state index contributed by atoms with van der Waals surface area (Å²) in [6.45, 7) is 0. The Morgan fingerprint density at radius 1 is 0.897 bits per heavy atom. The van der Waals surface area contributed by atoms with Crippen LogP contribution in [0.25, 0.3) is 22.4 Å². The first-order valence-electron chi connectivity index (χ1n) is 8.92. The summed E-state index contributed by atoms with van der Waals surface area (Å²) in [5, 5.41) is 34.9. The lowest BCUT2D eigenvalue weighted by atomic mass is 9.69. The Balaban J connectivity index is 2.22. The number of hydrogen-bond acceptors (Lipinski definition) is 5. The van der Waals surface area contributed by atoms with Gasteiger partial charge in [0, 0.05) is 5.57 Å². The first-order valence-corrected chi connectivity index (χ1v) is 8.92. The lowest BCUT2D eigenvalue weighted by Gasteiger charge is -2.40. The van der Waals surface area contributed by atoms with Crippen LogP contribution in [0.15, 0.2) is 66.7 Å². The number of fused-ring (bicyclic) bond motifs is 2. The van der Waals surface area contributed by atoms with Crippen molar-refractivity contribution < 1.29 is 29.6 Å². The number of carboxylic acids is 1. The zero-order valence-electron chi connectivity index (χ0n) is 15.5. The van der Waals surface area contributed by atoms with Crippen LogP contribution in [0.5, 0.6) is 0 Å². The van der Waals surface area contributed by atoms with E-state index in [2.05, 4.69) is 0 Å². The molecule has 0 aromatic heterocycles. The van der Waals surface area contributed by atoms with E-state index in [1.165, 1.54) is 0 Å². The van der Waals surface area contributed by atoms with Gasteiger partial charge in [-0.2, -0.15) is 0 Å². The molecule has 0 aliphatic heterocycles. The van der Waals surface area contributed by atoms with E-state index in [-0.39, 0.29) is 5.57 Å². The van der Waals surface area contributed by atoms with Crippen LogP contribution < -0.4 is 10.4 Å². The van der Waals surface area contributed by atoms with Crippen molar-refractivity contribution in [2.75, 3.05) is 7.11 Å². The SMILES string of the molecule is COC(=O)C1(C(=O)O)C=c2ccccc2=C(c2cccc3ccccc23)C1(O)O. The number of aliphatic hydroxyl groups is 2. The molecular weight excluding hydrogens is 372 g/mol. The molecule has 1 aliphatic carbocycles. The molecule has 0 saturated heterocycles. The molecule has 3 aromatic rings. The Kier molecular flexibility index (Phi) is 4.26. The van der Waals surface area contributed by atoms with E-state index < -0.39 is 23.1 Å². The Bertz CT molecular complexity index is 1270. The van der Waals surface area contributed by atoms with E-state index in [1.807, 2.05) is 18.2 Å². The van der Waals surface area contributed by atoms with Crippen molar-refractivity contribution in [3.63, 3.8) is 0 Å². The van der Waals surface area contributed by atoms with Gasteiger partial charge < -0.3 is 20.1 Å². The highest BCUT2D eigenvalue weighted by molar-refractivity contribution is 6.11. The molecule has 3 aromatic carbocycles. The van der Waals surface area contributed by atoms with Gasteiger partial charge in [0.25, 0.3) is 0 Å². The maximum Gasteiger partial charge on any atom is 0.333 e. The maximum absolute atomic E-state index is 12.6. The highest BCUT2D eigenvalue weighted by Gasteiger charge is 2.64. The largest absolute Gasteiger partial charge is 0.480 e. The molecule has 4 rings (SSSR count). The minimum absolute atomic E-state index is 0.0693. The topological polar surface area (TPSA) is 104 Å². The second kappa shape index (κ2) is 6.55. The van der Waals surface area contributed by atoms with Crippen LogP contribution in [0.1, 0.15) is 5.56 Å². The first kappa shape index (κ1) is 18.9. The molecule has 1 atom stereocenters. The summed E-state index contributed by atoms with van der Waals surface area (Å²) in [7, 11) is 1.01. The lowest BCUT2D eigenvalue weighted by molar-refractivity contribution is -0.208. The minimum atomic E-state index is -3.07. The summed E-state index contributed by atoms with van der Waals surface area (Å²) in [6.07, 6.45) is 1.05. The van der Waals surface area contributed by atoms with Crippen LogP contribution in [-0.2, 0) is 14.3 Å². The van der Waals surface area contributed by atoms with E-state index >= 15 is 0 Å². The summed E-state index contributed by atoms with van der Waals surface area (Å²) >= 11 is 0. The fourth-order valence-corrected chi connectivity index (χ4v) is 4.01. The van der Waals surface area contributed by atoms with Crippen LogP contribution in [0.4, 0.5) is 0 Å². The molecule has 6 nitrogen and oxygen atoms in total. The van der Waals surface area contributed by atoms with Crippen LogP contribution in [0, 0.1) is 5.41 Å². The Hall–Kier alpha value is -3.48. The monoisotopic (exact) mass is 390 g/mol. The second-order valence-electron chi connectivity index (χ2n) is 6.91. The van der Waals surface area contributed by atoms with Crippen molar-refractivity contribution in [1.82, 2.24) is 0 Å². The summed E-state index contributed by atoms with van der Waals surface area (Å²) in [5.41, 5.74) is -2.38. The summed E-state index contributed by atoms with van der Waals surface area (Å²) in [5.74, 6) is -6.06. The van der Waals surface area contributed by atoms with Gasteiger partial charge in [-0.05, 0) is 32.8 Å². The normalized spacial score (nSPS) is 19.9. The average Bonchev–Trinajstić information content (AvgIpc) is 2.72. The molecule has 1 aliphatic rings. The van der Waals surface area contributed by atoms with Crippen LogP contribution in [0.3, 0.4) is 0 Å². The fraction of sp³-hybridized carbons (Fsp3) is 0.130. The number of carbonyl (C=O) groups is 2. The van der Waals surface area contributed by atoms with Gasteiger partial charge in [-0.1, -0.05) is 66.7 Å². The highest BCUT2D eigenvalue weighted by atomic mass is 16.5. The quantitative estimate of drug-likeness (QED) is 0.347. The zero-order chi connectivity index (χ0) is 20.8. The average molecular weight is 390 g/mol. The van der Waals surface area contributed by atoms with Crippen molar-refractivity contribution in [3.8, 4) is 0 Å². The maximum atomic E-state index is 12.6. The van der Waals surface area contributed by atoms with E-state index in [0.717, 1.165) is 18.6 Å². The van der Waals surface area contributed by atoms with Crippen LogP contribution in [0.2, 0.25) is 0 Å². The third-order valence-electron chi connectivity index (χ3n) is 5.40. The zero-order valence-corrected chi connectivity index (χ0v) is 15.5. The molecule has 146 valence electrons. The number of hydrogen-bond donors (Lipinski definition) is 3. The molecule has 6 heteroatoms. The molecular formula is C23H18O6. The number of rotatable bonds is 3. The van der Waals surface area contributed by atoms with Gasteiger partial charge in [0.15, 0.2) is 0 Å². The van der Waals surface area contributed by atoms with Crippen molar-refractivity contribution in [3.05, 3.63) is 82.7 Å². The van der Waals surface area contributed by atoms with E-state index in [1.54, 1.807) is 48.5 Å². The molecule has 29 heavy (non-hydrogen) atoms. The second-order valence-corrected chi connectivity index (χ2v) is 6.91. The summed E-state index contributed by atoms with van der Waals surface area (Å²) in [6, 6.07) is 19.3.